The van der Waals surface area contributed by atoms with Gasteiger partial charge < -0.3 is 4.74 Å². The molecule has 0 aromatic heterocycles. The molecule has 0 aliphatic heterocycles. The molecular formula is C16H18N2O. The van der Waals surface area contributed by atoms with Crippen LogP contribution in [0.25, 0.3) is 0 Å². The molecule has 3 nitrogen and oxygen atoms in total. The molecule has 2 aromatic rings. The Morgan fingerprint density at radius 1 is 1.16 bits per heavy atom. The van der Waals surface area contributed by atoms with Gasteiger partial charge >= 0.3 is 0 Å². The van der Waals surface area contributed by atoms with Crippen LogP contribution < -0.4 is 16.0 Å². The molecule has 0 fully saturated rings. The smallest absolute Gasteiger partial charge is 0.118 e. The molecule has 0 heterocycles. The first-order valence-electron chi connectivity index (χ1n) is 6.51. The highest BCUT2D eigenvalue weighted by atomic mass is 16.5. The first kappa shape index (κ1) is 12.2. The fraction of sp³-hybridized carbons (Fsp3) is 0.250. The van der Waals surface area contributed by atoms with Gasteiger partial charge in [-0.25, -0.2) is 0 Å². The molecule has 3 rings (SSSR count). The third-order valence-corrected chi connectivity index (χ3v) is 3.95. The molecule has 1 aliphatic carbocycles. The van der Waals surface area contributed by atoms with Crippen molar-refractivity contribution in [1.82, 2.24) is 5.43 Å². The second-order valence-electron chi connectivity index (χ2n) is 4.93. The lowest BCUT2D eigenvalue weighted by Gasteiger charge is -2.36. The van der Waals surface area contributed by atoms with Crippen LogP contribution in [0.4, 0.5) is 0 Å². The Morgan fingerprint density at radius 2 is 1.89 bits per heavy atom. The van der Waals surface area contributed by atoms with Gasteiger partial charge in [0.1, 0.15) is 5.75 Å². The molecule has 2 aromatic carbocycles. The van der Waals surface area contributed by atoms with E-state index in [0.717, 1.165) is 12.2 Å². The molecule has 3 heteroatoms. The third-order valence-electron chi connectivity index (χ3n) is 3.95. The van der Waals surface area contributed by atoms with Crippen molar-refractivity contribution in [2.45, 2.75) is 18.4 Å². The Labute approximate surface area is 113 Å². The van der Waals surface area contributed by atoms with Crippen molar-refractivity contribution in [1.29, 1.82) is 0 Å². The van der Waals surface area contributed by atoms with Gasteiger partial charge in [-0.2, -0.15) is 0 Å². The van der Waals surface area contributed by atoms with E-state index in [1.807, 2.05) is 12.1 Å². The van der Waals surface area contributed by atoms with Gasteiger partial charge in [-0.3, -0.25) is 11.3 Å². The summed E-state index contributed by atoms with van der Waals surface area (Å²) in [5.74, 6) is 7.08. The van der Waals surface area contributed by atoms with E-state index in [1.165, 1.54) is 16.7 Å². The van der Waals surface area contributed by atoms with Crippen LogP contribution in [0.1, 0.15) is 28.7 Å². The summed E-state index contributed by atoms with van der Waals surface area (Å²) < 4.78 is 5.19. The zero-order valence-corrected chi connectivity index (χ0v) is 11.0. The predicted octanol–water partition coefficient (Wildman–Crippen LogP) is 2.54. The Morgan fingerprint density at radius 3 is 2.53 bits per heavy atom. The predicted molar refractivity (Wildman–Crippen MR) is 75.9 cm³/mol. The van der Waals surface area contributed by atoms with Crippen molar-refractivity contribution in [2.24, 2.45) is 5.84 Å². The van der Waals surface area contributed by atoms with Crippen molar-refractivity contribution in [3.05, 3.63) is 65.2 Å². The van der Waals surface area contributed by atoms with Gasteiger partial charge in [0, 0.05) is 5.92 Å². The normalized spacial score (nSPS) is 18.3. The van der Waals surface area contributed by atoms with E-state index in [9.17, 15) is 0 Å². The number of hydrogen-bond donors (Lipinski definition) is 2. The highest BCUT2D eigenvalue weighted by molar-refractivity contribution is 5.43. The number of rotatable bonds is 4. The second-order valence-corrected chi connectivity index (χ2v) is 4.93. The number of hydrogen-bond acceptors (Lipinski definition) is 3. The largest absolute Gasteiger partial charge is 0.497 e. The summed E-state index contributed by atoms with van der Waals surface area (Å²) in [7, 11) is 1.68. The van der Waals surface area contributed by atoms with E-state index >= 15 is 0 Å². The summed E-state index contributed by atoms with van der Waals surface area (Å²) in [6.07, 6.45) is 1.08. The van der Waals surface area contributed by atoms with Crippen LogP contribution in [0.3, 0.4) is 0 Å². The maximum atomic E-state index is 5.76. The van der Waals surface area contributed by atoms with E-state index in [4.69, 9.17) is 10.6 Å². The zero-order chi connectivity index (χ0) is 13.2. The molecule has 0 spiro atoms. The molecule has 98 valence electrons. The highest BCUT2D eigenvalue weighted by Gasteiger charge is 2.32. The Hall–Kier alpha value is -1.84. The van der Waals surface area contributed by atoms with Crippen molar-refractivity contribution >= 4 is 0 Å². The fourth-order valence-corrected chi connectivity index (χ4v) is 2.85. The minimum Gasteiger partial charge on any atom is -0.497 e. The first-order valence-corrected chi connectivity index (χ1v) is 6.51. The Balaban J connectivity index is 1.86. The van der Waals surface area contributed by atoms with E-state index < -0.39 is 0 Å². The number of hydrazine groups is 1. The topological polar surface area (TPSA) is 47.3 Å². The van der Waals surface area contributed by atoms with Crippen molar-refractivity contribution in [3.8, 4) is 5.75 Å². The summed E-state index contributed by atoms with van der Waals surface area (Å²) in [6.45, 7) is 0. The molecule has 0 radical (unpaired) electrons. The summed E-state index contributed by atoms with van der Waals surface area (Å²) in [5.41, 5.74) is 6.99. The van der Waals surface area contributed by atoms with Crippen LogP contribution in [0, 0.1) is 0 Å². The van der Waals surface area contributed by atoms with Crippen LogP contribution >= 0.6 is 0 Å². The molecule has 2 atom stereocenters. The average Bonchev–Trinajstić information content (AvgIpc) is 2.45. The maximum absolute atomic E-state index is 5.76. The highest BCUT2D eigenvalue weighted by Crippen LogP contribution is 2.43. The first-order chi connectivity index (χ1) is 9.33. The molecule has 19 heavy (non-hydrogen) atoms. The van der Waals surface area contributed by atoms with Gasteiger partial charge in [0.2, 0.25) is 0 Å². The SMILES string of the molecule is COc1ccc(C(NN)C2Cc3ccccc32)cc1. The second kappa shape index (κ2) is 5.03. The number of nitrogens with one attached hydrogen (secondary N) is 1. The molecule has 3 N–H and O–H groups in total. The van der Waals surface area contributed by atoms with Crippen LogP contribution in [0.15, 0.2) is 48.5 Å². The Kier molecular flexibility index (Phi) is 3.23. The van der Waals surface area contributed by atoms with Gasteiger partial charge in [-0.05, 0) is 35.2 Å². The molecule has 2 unspecified atom stereocenters. The number of methoxy groups -OCH3 is 1. The van der Waals surface area contributed by atoms with Gasteiger partial charge in [0.25, 0.3) is 0 Å². The summed E-state index contributed by atoms with van der Waals surface area (Å²) in [6, 6.07) is 16.8. The van der Waals surface area contributed by atoms with E-state index in [2.05, 4.69) is 41.8 Å². The van der Waals surface area contributed by atoms with Crippen LogP contribution in [0.2, 0.25) is 0 Å². The lowest BCUT2D eigenvalue weighted by molar-refractivity contribution is 0.408. The molecular weight excluding hydrogens is 236 g/mol. The van der Waals surface area contributed by atoms with Crippen LogP contribution in [0.5, 0.6) is 5.75 Å². The zero-order valence-electron chi connectivity index (χ0n) is 11.0. The molecule has 0 saturated carbocycles. The third kappa shape index (κ3) is 2.11. The molecule has 0 saturated heterocycles. The quantitative estimate of drug-likeness (QED) is 0.651. The standard InChI is InChI=1S/C16H18N2O/c1-19-13-8-6-11(7-9-13)16(18-17)15-10-12-4-2-3-5-14(12)15/h2-9,15-16,18H,10,17H2,1H3. The number of ether oxygens (including phenoxy) is 1. The molecule has 0 bridgehead atoms. The van der Waals surface area contributed by atoms with E-state index in [-0.39, 0.29) is 6.04 Å². The van der Waals surface area contributed by atoms with Gasteiger partial charge in [0.05, 0.1) is 13.2 Å². The summed E-state index contributed by atoms with van der Waals surface area (Å²) in [4.78, 5) is 0. The monoisotopic (exact) mass is 254 g/mol. The number of nitrogens with two attached hydrogens (primary N) is 1. The lowest BCUT2D eigenvalue weighted by atomic mass is 9.72. The minimum absolute atomic E-state index is 0.154. The summed E-state index contributed by atoms with van der Waals surface area (Å²) in [5, 5.41) is 0. The number of benzene rings is 2. The van der Waals surface area contributed by atoms with Crippen LogP contribution in [-0.2, 0) is 6.42 Å². The maximum Gasteiger partial charge on any atom is 0.118 e. The van der Waals surface area contributed by atoms with Gasteiger partial charge in [-0.1, -0.05) is 36.4 Å². The Bertz CT molecular complexity index is 565. The molecule has 0 amide bonds. The van der Waals surface area contributed by atoms with Crippen molar-refractivity contribution in [3.63, 3.8) is 0 Å². The fourth-order valence-electron chi connectivity index (χ4n) is 2.85. The number of fused-ring (bicyclic) bond motifs is 1. The van der Waals surface area contributed by atoms with Crippen LogP contribution in [-0.4, -0.2) is 7.11 Å². The van der Waals surface area contributed by atoms with Gasteiger partial charge in [-0.15, -0.1) is 0 Å². The van der Waals surface area contributed by atoms with E-state index in [0.29, 0.717) is 5.92 Å². The van der Waals surface area contributed by atoms with Crippen molar-refractivity contribution in [2.75, 3.05) is 7.11 Å². The van der Waals surface area contributed by atoms with E-state index in [1.54, 1.807) is 7.11 Å². The minimum atomic E-state index is 0.154. The lowest BCUT2D eigenvalue weighted by Crippen LogP contribution is -2.37. The van der Waals surface area contributed by atoms with Crippen molar-refractivity contribution < 1.29 is 4.74 Å². The summed E-state index contributed by atoms with van der Waals surface area (Å²) >= 11 is 0. The van der Waals surface area contributed by atoms with Gasteiger partial charge in [0.15, 0.2) is 0 Å². The molecule has 1 aliphatic rings. The average molecular weight is 254 g/mol.